The lowest BCUT2D eigenvalue weighted by molar-refractivity contribution is -0.120. The van der Waals surface area contributed by atoms with Gasteiger partial charge in [0.25, 0.3) is 5.91 Å². The maximum absolute atomic E-state index is 13.1. The summed E-state index contributed by atoms with van der Waals surface area (Å²) in [5.74, 6) is 0.946. The highest BCUT2D eigenvalue weighted by molar-refractivity contribution is 6.04. The van der Waals surface area contributed by atoms with E-state index in [9.17, 15) is 9.59 Å². The summed E-state index contributed by atoms with van der Waals surface area (Å²) in [6.45, 7) is 0.867. The second-order valence-corrected chi connectivity index (χ2v) is 6.43. The molecule has 1 fully saturated rings. The van der Waals surface area contributed by atoms with Crippen LogP contribution in [0.3, 0.4) is 0 Å². The molecule has 7 nitrogen and oxygen atoms in total. The number of nitrogens with zero attached hydrogens (tertiary/aromatic N) is 3. The third-order valence-electron chi connectivity index (χ3n) is 4.79. The summed E-state index contributed by atoms with van der Waals surface area (Å²) in [6.07, 6.45) is 3.36. The second-order valence-electron chi connectivity index (χ2n) is 6.43. The highest BCUT2D eigenvalue weighted by Gasteiger charge is 2.31. The minimum absolute atomic E-state index is 0.0172. The number of para-hydroxylation sites is 2. The summed E-state index contributed by atoms with van der Waals surface area (Å²) in [5.41, 5.74) is 1.96. The van der Waals surface area contributed by atoms with Crippen LogP contribution >= 0.6 is 0 Å². The van der Waals surface area contributed by atoms with Crippen LogP contribution in [0, 0.1) is 0 Å². The number of benzene rings is 2. The first-order valence-electron chi connectivity index (χ1n) is 9.00. The number of amides is 2. The summed E-state index contributed by atoms with van der Waals surface area (Å²) in [7, 11) is 1.58. The Labute approximate surface area is 162 Å². The first-order valence-corrected chi connectivity index (χ1v) is 9.00. The molecule has 2 aromatic carbocycles. The monoisotopic (exact) mass is 376 g/mol. The summed E-state index contributed by atoms with van der Waals surface area (Å²) in [5, 5.41) is 0. The Hall–Kier alpha value is -3.61. The first kappa shape index (κ1) is 17.8. The van der Waals surface area contributed by atoms with E-state index >= 15 is 0 Å². The fraction of sp³-hybridized carbons (Fsp3) is 0.190. The number of methoxy groups -OCH3 is 1. The molecule has 2 amide bonds. The number of rotatable bonds is 4. The number of ether oxygens (including phenoxy) is 1. The third-order valence-corrected chi connectivity index (χ3v) is 4.79. The normalized spacial score (nSPS) is 14.2. The van der Waals surface area contributed by atoms with Gasteiger partial charge in [0.05, 0.1) is 18.4 Å². The predicted octanol–water partition coefficient (Wildman–Crippen LogP) is 2.57. The van der Waals surface area contributed by atoms with Gasteiger partial charge in [0, 0.05) is 31.0 Å². The number of hydrogen-bond acceptors (Lipinski definition) is 4. The molecule has 0 atom stereocenters. The van der Waals surface area contributed by atoms with Crippen LogP contribution in [-0.2, 0) is 4.79 Å². The van der Waals surface area contributed by atoms with Gasteiger partial charge in [0.15, 0.2) is 0 Å². The van der Waals surface area contributed by atoms with Gasteiger partial charge in [-0.2, -0.15) is 0 Å². The Morgan fingerprint density at radius 3 is 2.64 bits per heavy atom. The maximum atomic E-state index is 13.1. The molecule has 0 radical (unpaired) electrons. The Balaban J connectivity index is 1.56. The molecule has 0 bridgehead atoms. The molecular weight excluding hydrogens is 356 g/mol. The lowest BCUT2D eigenvalue weighted by Crippen LogP contribution is -2.52. The van der Waals surface area contributed by atoms with Crippen LogP contribution in [0.25, 0.3) is 11.4 Å². The number of carbonyl (C=O) groups excluding carboxylic acids is 2. The van der Waals surface area contributed by atoms with Gasteiger partial charge in [0.2, 0.25) is 5.91 Å². The molecule has 7 heteroatoms. The Morgan fingerprint density at radius 1 is 1.11 bits per heavy atom. The topological polar surface area (TPSA) is 78.5 Å². The zero-order valence-electron chi connectivity index (χ0n) is 15.5. The number of nitrogens with one attached hydrogen (secondary N) is 1. The molecule has 28 heavy (non-hydrogen) atoms. The van der Waals surface area contributed by atoms with Crippen molar-refractivity contribution in [2.24, 2.45) is 0 Å². The Kier molecular flexibility index (Phi) is 4.80. The summed E-state index contributed by atoms with van der Waals surface area (Å²) in [4.78, 5) is 36.4. The number of aromatic amines is 1. The van der Waals surface area contributed by atoms with Gasteiger partial charge in [-0.3, -0.25) is 9.59 Å². The van der Waals surface area contributed by atoms with Crippen LogP contribution < -0.4 is 9.64 Å². The van der Waals surface area contributed by atoms with Crippen LogP contribution in [0.4, 0.5) is 5.69 Å². The van der Waals surface area contributed by atoms with Gasteiger partial charge in [-0.25, -0.2) is 4.98 Å². The standard InChI is InChI=1S/C21H20N4O3/c1-28-18-9-5-4-8-17(18)25-13-12-24(14-19(25)26)21(27)16-7-3-2-6-15(16)20-22-10-11-23-20/h2-11H,12-14H2,1H3,(H,22,23). The quantitative estimate of drug-likeness (QED) is 0.759. The number of aromatic nitrogens is 2. The van der Waals surface area contributed by atoms with Gasteiger partial charge in [-0.15, -0.1) is 0 Å². The van der Waals surface area contributed by atoms with E-state index in [1.165, 1.54) is 0 Å². The van der Waals surface area contributed by atoms with E-state index < -0.39 is 0 Å². The Bertz CT molecular complexity index is 1000. The zero-order valence-corrected chi connectivity index (χ0v) is 15.5. The maximum Gasteiger partial charge on any atom is 0.255 e. The SMILES string of the molecule is COc1ccccc1N1CCN(C(=O)c2ccccc2-c2ncc[nH]2)CC1=O. The zero-order chi connectivity index (χ0) is 19.5. The highest BCUT2D eigenvalue weighted by Crippen LogP contribution is 2.29. The molecule has 0 saturated carbocycles. The molecule has 4 rings (SSSR count). The molecule has 1 aliphatic rings. The van der Waals surface area contributed by atoms with E-state index in [0.717, 1.165) is 11.3 Å². The van der Waals surface area contributed by atoms with Crippen molar-refractivity contribution in [1.29, 1.82) is 0 Å². The van der Waals surface area contributed by atoms with Gasteiger partial charge in [-0.1, -0.05) is 30.3 Å². The molecule has 2 heterocycles. The van der Waals surface area contributed by atoms with Crippen LogP contribution in [-0.4, -0.2) is 53.4 Å². The largest absolute Gasteiger partial charge is 0.495 e. The molecule has 0 spiro atoms. The number of piperazine rings is 1. The van der Waals surface area contributed by atoms with Crippen molar-refractivity contribution in [2.45, 2.75) is 0 Å². The summed E-state index contributed by atoms with van der Waals surface area (Å²) < 4.78 is 5.36. The minimum Gasteiger partial charge on any atom is -0.495 e. The van der Waals surface area contributed by atoms with E-state index in [0.29, 0.717) is 30.2 Å². The van der Waals surface area contributed by atoms with E-state index in [-0.39, 0.29) is 18.4 Å². The number of carbonyl (C=O) groups is 2. The molecule has 3 aromatic rings. The fourth-order valence-electron chi connectivity index (χ4n) is 3.41. The molecule has 142 valence electrons. The molecule has 1 aliphatic heterocycles. The lowest BCUT2D eigenvalue weighted by Gasteiger charge is -2.35. The number of imidazole rings is 1. The molecular formula is C21H20N4O3. The fourth-order valence-corrected chi connectivity index (χ4v) is 3.41. The highest BCUT2D eigenvalue weighted by atomic mass is 16.5. The summed E-state index contributed by atoms with van der Waals surface area (Å²) >= 11 is 0. The molecule has 1 N–H and O–H groups in total. The number of hydrogen-bond donors (Lipinski definition) is 1. The van der Waals surface area contributed by atoms with Crippen molar-refractivity contribution >= 4 is 17.5 Å². The van der Waals surface area contributed by atoms with Gasteiger partial charge in [-0.05, 0) is 18.2 Å². The van der Waals surface area contributed by atoms with E-state index in [4.69, 9.17) is 4.74 Å². The lowest BCUT2D eigenvalue weighted by atomic mass is 10.1. The van der Waals surface area contributed by atoms with E-state index in [1.807, 2.05) is 42.5 Å². The van der Waals surface area contributed by atoms with Gasteiger partial charge < -0.3 is 19.5 Å². The Morgan fingerprint density at radius 2 is 1.89 bits per heavy atom. The smallest absolute Gasteiger partial charge is 0.255 e. The van der Waals surface area contributed by atoms with Gasteiger partial charge in [0.1, 0.15) is 18.1 Å². The van der Waals surface area contributed by atoms with Crippen molar-refractivity contribution in [3.05, 3.63) is 66.5 Å². The molecule has 0 aliphatic carbocycles. The second kappa shape index (κ2) is 7.56. The van der Waals surface area contributed by atoms with Crippen LogP contribution in [0.15, 0.2) is 60.9 Å². The molecule has 1 aromatic heterocycles. The van der Waals surface area contributed by atoms with Crippen LogP contribution in [0.1, 0.15) is 10.4 Å². The van der Waals surface area contributed by atoms with E-state index in [1.54, 1.807) is 35.4 Å². The van der Waals surface area contributed by atoms with Crippen molar-refractivity contribution in [2.75, 3.05) is 31.6 Å². The average Bonchev–Trinajstić information content (AvgIpc) is 3.28. The van der Waals surface area contributed by atoms with E-state index in [2.05, 4.69) is 9.97 Å². The predicted molar refractivity (Wildman–Crippen MR) is 105 cm³/mol. The summed E-state index contributed by atoms with van der Waals surface area (Å²) in [6, 6.07) is 14.7. The van der Waals surface area contributed by atoms with Crippen molar-refractivity contribution < 1.29 is 14.3 Å². The van der Waals surface area contributed by atoms with Crippen LogP contribution in [0.5, 0.6) is 5.75 Å². The molecule has 0 unspecified atom stereocenters. The average molecular weight is 376 g/mol. The number of anilines is 1. The number of H-pyrrole nitrogens is 1. The van der Waals surface area contributed by atoms with Crippen molar-refractivity contribution in [3.8, 4) is 17.1 Å². The van der Waals surface area contributed by atoms with Gasteiger partial charge >= 0.3 is 0 Å². The van der Waals surface area contributed by atoms with Crippen molar-refractivity contribution in [3.63, 3.8) is 0 Å². The third kappa shape index (κ3) is 3.22. The minimum atomic E-state index is -0.181. The first-order chi connectivity index (χ1) is 13.7. The van der Waals surface area contributed by atoms with Crippen LogP contribution in [0.2, 0.25) is 0 Å². The molecule has 1 saturated heterocycles. The van der Waals surface area contributed by atoms with Crippen molar-refractivity contribution in [1.82, 2.24) is 14.9 Å².